The van der Waals surface area contributed by atoms with Gasteiger partial charge >= 0.3 is 5.97 Å². The van der Waals surface area contributed by atoms with Gasteiger partial charge in [0.1, 0.15) is 19.3 Å². The van der Waals surface area contributed by atoms with E-state index in [9.17, 15) is 19.0 Å². The molecule has 1 amide bonds. The van der Waals surface area contributed by atoms with E-state index in [4.69, 9.17) is 13.8 Å². The number of quaternary nitrogens is 1. The smallest absolute Gasteiger partial charge is 0.306 e. The number of carbonyl (C=O) groups is 2. The number of hydrogen-bond donors (Lipinski definition) is 1. The van der Waals surface area contributed by atoms with Crippen molar-refractivity contribution in [1.29, 1.82) is 0 Å². The fourth-order valence-electron chi connectivity index (χ4n) is 8.75. The maximum absolute atomic E-state index is 13.5. The minimum Gasteiger partial charge on any atom is -0.756 e. The number of amides is 1. The van der Waals surface area contributed by atoms with E-state index >= 15 is 0 Å². The highest BCUT2D eigenvalue weighted by molar-refractivity contribution is 7.45. The molecule has 10 heteroatoms. The molecule has 1 N–H and O–H groups in total. The van der Waals surface area contributed by atoms with Crippen LogP contribution in [0.25, 0.3) is 0 Å². The summed E-state index contributed by atoms with van der Waals surface area (Å²) in [6, 6.07) is -0.904. The van der Waals surface area contributed by atoms with Crippen molar-refractivity contribution in [3.8, 4) is 0 Å². The van der Waals surface area contributed by atoms with Gasteiger partial charge in [0.15, 0.2) is 0 Å². The number of rotatable bonds is 57. The summed E-state index contributed by atoms with van der Waals surface area (Å²) in [5.41, 5.74) is 0. The molecule has 0 aromatic heterocycles. The number of ether oxygens (including phenoxy) is 1. The largest absolute Gasteiger partial charge is 0.756 e. The van der Waals surface area contributed by atoms with E-state index in [1.165, 1.54) is 89.9 Å². The van der Waals surface area contributed by atoms with Crippen molar-refractivity contribution in [1.82, 2.24) is 5.32 Å². The van der Waals surface area contributed by atoms with Crippen molar-refractivity contribution in [3.05, 3.63) is 109 Å². The molecule has 0 aliphatic rings. The average molecular weight is 1120 g/mol. The molecule has 0 spiro atoms. The van der Waals surface area contributed by atoms with Crippen molar-refractivity contribution in [2.75, 3.05) is 40.9 Å². The third-order valence-corrected chi connectivity index (χ3v) is 14.7. The Kier molecular flexibility index (Phi) is 55.4. The van der Waals surface area contributed by atoms with Crippen LogP contribution >= 0.6 is 7.82 Å². The number of phosphoric ester groups is 1. The maximum atomic E-state index is 13.5. The zero-order valence-electron chi connectivity index (χ0n) is 51.8. The Morgan fingerprint density at radius 3 is 1.32 bits per heavy atom. The van der Waals surface area contributed by atoms with Crippen LogP contribution in [0, 0.1) is 0 Å². The molecule has 0 radical (unpaired) electrons. The normalized spacial score (nSPS) is 14.4. The molecule has 0 aliphatic heterocycles. The fourth-order valence-corrected chi connectivity index (χ4v) is 9.47. The van der Waals surface area contributed by atoms with Crippen molar-refractivity contribution in [2.45, 2.75) is 277 Å². The lowest BCUT2D eigenvalue weighted by atomic mass is 10.1. The van der Waals surface area contributed by atoms with Gasteiger partial charge in [0.2, 0.25) is 5.91 Å². The molecular weight excluding hydrogens is 1000 g/mol. The first kappa shape index (κ1) is 75.7. The predicted octanol–water partition coefficient (Wildman–Crippen LogP) is 19.5. The predicted molar refractivity (Wildman–Crippen MR) is 339 cm³/mol. The van der Waals surface area contributed by atoms with Gasteiger partial charge in [-0.25, -0.2) is 0 Å². The van der Waals surface area contributed by atoms with Crippen molar-refractivity contribution >= 4 is 19.7 Å². The van der Waals surface area contributed by atoms with Crippen LogP contribution in [0.3, 0.4) is 0 Å². The van der Waals surface area contributed by atoms with Crippen LogP contribution in [0.1, 0.15) is 265 Å². The summed E-state index contributed by atoms with van der Waals surface area (Å²) < 4.78 is 30.3. The Balaban J connectivity index is 5.12. The number of hydrogen-bond acceptors (Lipinski definition) is 7. The van der Waals surface area contributed by atoms with Crippen molar-refractivity contribution in [2.24, 2.45) is 0 Å². The molecule has 3 atom stereocenters. The highest BCUT2D eigenvalue weighted by Gasteiger charge is 2.27. The molecule has 9 nitrogen and oxygen atoms in total. The SMILES string of the molecule is CC/C=C\C/C=C\C/C=C\C/C=C\C/C=C\C/C=C\CCCCCCCCCCC(=O)OC(/C=C\CCCCCCCCCCC)C(COP(=O)([O-])OCC[N+](C)(C)C)NC(=O)CCCCCCCC/C=C/C=C/CCCCC. The van der Waals surface area contributed by atoms with E-state index in [1.807, 2.05) is 33.3 Å². The van der Waals surface area contributed by atoms with E-state index in [2.05, 4.69) is 123 Å². The first-order valence-electron chi connectivity index (χ1n) is 32.2. The van der Waals surface area contributed by atoms with Crippen LogP contribution in [-0.2, 0) is 27.9 Å². The van der Waals surface area contributed by atoms with Crippen LogP contribution < -0.4 is 10.2 Å². The molecule has 0 rings (SSSR count). The second-order valence-corrected chi connectivity index (χ2v) is 24.0. The van der Waals surface area contributed by atoms with E-state index in [0.29, 0.717) is 23.9 Å². The summed E-state index contributed by atoms with van der Waals surface area (Å²) >= 11 is 0. The highest BCUT2D eigenvalue weighted by Crippen LogP contribution is 2.38. The van der Waals surface area contributed by atoms with Gasteiger partial charge in [-0.15, -0.1) is 0 Å². The lowest BCUT2D eigenvalue weighted by molar-refractivity contribution is -0.870. The van der Waals surface area contributed by atoms with Gasteiger partial charge in [-0.1, -0.05) is 252 Å². The van der Waals surface area contributed by atoms with E-state index in [0.717, 1.165) is 135 Å². The molecule has 0 bridgehead atoms. The fraction of sp³-hybridized carbons (Fsp3) is 0.710. The number of nitrogens with zero attached hydrogens (tertiary/aromatic N) is 1. The lowest BCUT2D eigenvalue weighted by Crippen LogP contribution is -2.47. The van der Waals surface area contributed by atoms with Crippen LogP contribution in [0.4, 0.5) is 0 Å². The van der Waals surface area contributed by atoms with Gasteiger partial charge in [-0.05, 0) is 109 Å². The first-order valence-corrected chi connectivity index (χ1v) is 33.7. The van der Waals surface area contributed by atoms with E-state index in [-0.39, 0.29) is 24.9 Å². The zero-order chi connectivity index (χ0) is 57.9. The number of likely N-dealkylation sites (N-methyl/N-ethyl adjacent to an activating group) is 1. The lowest BCUT2D eigenvalue weighted by Gasteiger charge is -2.30. The van der Waals surface area contributed by atoms with Gasteiger partial charge in [0, 0.05) is 12.8 Å². The second kappa shape index (κ2) is 57.9. The molecule has 0 saturated heterocycles. The van der Waals surface area contributed by atoms with Crippen molar-refractivity contribution in [3.63, 3.8) is 0 Å². The van der Waals surface area contributed by atoms with Gasteiger partial charge in [-0.2, -0.15) is 0 Å². The van der Waals surface area contributed by atoms with E-state index < -0.39 is 26.6 Å². The van der Waals surface area contributed by atoms with Crippen LogP contribution in [-0.4, -0.2) is 69.4 Å². The maximum Gasteiger partial charge on any atom is 0.306 e. The summed E-state index contributed by atoms with van der Waals surface area (Å²) in [5, 5.41) is 3.02. The highest BCUT2D eigenvalue weighted by atomic mass is 31.2. The summed E-state index contributed by atoms with van der Waals surface area (Å²) in [4.78, 5) is 40.0. The minimum absolute atomic E-state index is 0.0311. The first-order chi connectivity index (χ1) is 38.4. The summed E-state index contributed by atoms with van der Waals surface area (Å²) in [6.45, 7) is 6.67. The molecule has 0 saturated carbocycles. The third kappa shape index (κ3) is 59.1. The Morgan fingerprint density at radius 1 is 0.468 bits per heavy atom. The molecule has 0 aromatic carbocycles. The molecule has 0 aliphatic carbocycles. The zero-order valence-corrected chi connectivity index (χ0v) is 52.7. The van der Waals surface area contributed by atoms with Gasteiger partial charge in [0.05, 0.1) is 33.8 Å². The van der Waals surface area contributed by atoms with Crippen LogP contribution in [0.5, 0.6) is 0 Å². The molecule has 3 unspecified atom stereocenters. The Labute approximate surface area is 487 Å². The molecule has 0 aromatic rings. The number of nitrogens with one attached hydrogen (secondary N) is 1. The van der Waals surface area contributed by atoms with Gasteiger partial charge < -0.3 is 28.5 Å². The Morgan fingerprint density at radius 2 is 0.848 bits per heavy atom. The average Bonchev–Trinajstić information content (AvgIpc) is 3.41. The minimum atomic E-state index is -4.71. The number of allylic oxidation sites excluding steroid dienone is 17. The summed E-state index contributed by atoms with van der Waals surface area (Å²) in [7, 11) is 1.16. The number of phosphoric acid groups is 1. The molecule has 0 heterocycles. The standard InChI is InChI=1S/C69H121N2O7P/c1-7-10-13-16-19-22-25-27-29-30-31-32-33-34-35-36-37-38-39-40-42-44-47-50-53-56-59-62-69(73)78-67(60-57-54-51-48-45-24-21-18-15-12-9-3)66(65-77-79(74,75)76-64-63-71(4,5)6)70-68(72)61-58-55-52-49-46-43-41-28-26-23-20-17-14-11-8-2/h10,13,19-20,22-23,26-29,31-32,34-35,37-38,57,60,66-67H,7-9,11-12,14-18,21,24-25,30,33,36,39-56,58-59,61-65H2,1-6H3,(H-,70,72,74,75)/b13-10-,22-19-,23-20+,28-26+,29-27-,32-31-,35-34-,38-37-,60-57-. The monoisotopic (exact) mass is 1120 g/mol. The van der Waals surface area contributed by atoms with E-state index in [1.54, 1.807) is 0 Å². The number of esters is 1. The topological polar surface area (TPSA) is 114 Å². The Bertz CT molecular complexity index is 1720. The quantitative estimate of drug-likeness (QED) is 0.0161. The Hall–Kier alpha value is -3.33. The number of unbranched alkanes of at least 4 members (excludes halogenated alkanes) is 26. The number of carbonyl (C=O) groups excluding carboxylic acids is 2. The summed E-state index contributed by atoms with van der Waals surface area (Å²) in [6.07, 6.45) is 79.1. The third-order valence-electron chi connectivity index (χ3n) is 13.7. The molecule has 0 fully saturated rings. The van der Waals surface area contributed by atoms with Crippen LogP contribution in [0.15, 0.2) is 109 Å². The van der Waals surface area contributed by atoms with Crippen LogP contribution in [0.2, 0.25) is 0 Å². The molecule has 454 valence electrons. The van der Waals surface area contributed by atoms with Crippen molar-refractivity contribution < 1.29 is 37.3 Å². The van der Waals surface area contributed by atoms with Gasteiger partial charge in [0.25, 0.3) is 7.82 Å². The van der Waals surface area contributed by atoms with Gasteiger partial charge in [-0.3, -0.25) is 14.2 Å². The molecule has 79 heavy (non-hydrogen) atoms. The second-order valence-electron chi connectivity index (χ2n) is 22.6. The molecular formula is C69H121N2O7P. The summed E-state index contributed by atoms with van der Waals surface area (Å²) in [5.74, 6) is -0.569.